The Hall–Kier alpha value is -0.219. The summed E-state index contributed by atoms with van der Waals surface area (Å²) >= 11 is 0. The van der Waals surface area contributed by atoms with E-state index in [4.69, 9.17) is 13.3 Å². The maximum atomic E-state index is 18.4. The van der Waals surface area contributed by atoms with Crippen LogP contribution in [0.1, 0.15) is 59.3 Å². The summed E-state index contributed by atoms with van der Waals surface area (Å²) in [5.41, 5.74) is -1.09. The molecule has 7 heteroatoms. The molecule has 0 amide bonds. The number of fused-ring (bicyclic) bond motifs is 5. The van der Waals surface area contributed by atoms with Crippen LogP contribution in [0.15, 0.2) is 23.5 Å². The molecule has 3 nitrogen and oxygen atoms in total. The first-order valence-electron chi connectivity index (χ1n) is 14.3. The second-order valence-electron chi connectivity index (χ2n) is 15.9. The van der Waals surface area contributed by atoms with Gasteiger partial charge in [0.2, 0.25) is 8.32 Å². The zero-order valence-electron chi connectivity index (χ0n) is 25.2. The van der Waals surface area contributed by atoms with Crippen LogP contribution < -0.4 is 0 Å². The lowest BCUT2D eigenvalue weighted by atomic mass is 9.45. The molecule has 0 saturated heterocycles. The normalized spacial score (nSPS) is 43.2. The van der Waals surface area contributed by atoms with Crippen LogP contribution in [0, 0.1) is 22.7 Å². The van der Waals surface area contributed by atoms with Gasteiger partial charge in [-0.3, -0.25) is 0 Å². The number of rotatable bonds is 6. The van der Waals surface area contributed by atoms with Gasteiger partial charge in [0.15, 0.2) is 16.6 Å². The second kappa shape index (κ2) is 8.64. The minimum absolute atomic E-state index is 0.0359. The van der Waals surface area contributed by atoms with Crippen LogP contribution in [-0.2, 0) is 13.3 Å². The monoisotopic (exact) mass is 552 g/mol. The van der Waals surface area contributed by atoms with Crippen LogP contribution in [0.5, 0.6) is 0 Å². The predicted molar refractivity (Wildman–Crippen MR) is 156 cm³/mol. The molecular weight excluding hydrogens is 500 g/mol. The fourth-order valence-electron chi connectivity index (χ4n) is 8.35. The highest BCUT2D eigenvalue weighted by Crippen LogP contribution is 2.71. The van der Waals surface area contributed by atoms with Crippen LogP contribution in [0.4, 0.5) is 4.39 Å². The molecule has 0 N–H and O–H groups in total. The van der Waals surface area contributed by atoms with Crippen LogP contribution >= 0.6 is 0 Å². The summed E-state index contributed by atoms with van der Waals surface area (Å²) in [6, 6.07) is 0. The molecule has 0 aromatic rings. The summed E-state index contributed by atoms with van der Waals surface area (Å²) in [4.78, 5) is 0. The first-order chi connectivity index (χ1) is 16.1. The minimum Gasteiger partial charge on any atom is -0.547 e. The third kappa shape index (κ3) is 4.71. The number of alkyl halides is 1. The fourth-order valence-corrected chi connectivity index (χ4v) is 12.1. The fraction of sp³-hybridized carbons (Fsp3) is 0.862. The van der Waals surface area contributed by atoms with Crippen LogP contribution in [0.2, 0.25) is 58.9 Å². The molecule has 0 heterocycles. The highest BCUT2D eigenvalue weighted by Gasteiger charge is 2.73. The van der Waals surface area contributed by atoms with Crippen LogP contribution in [0.25, 0.3) is 0 Å². The first kappa shape index (κ1) is 28.8. The van der Waals surface area contributed by atoms with E-state index in [2.05, 4.69) is 91.8 Å². The molecule has 0 aromatic heterocycles. The molecule has 4 aliphatic carbocycles. The lowest BCUT2D eigenvalue weighted by Gasteiger charge is -2.65. The van der Waals surface area contributed by atoms with Crippen molar-refractivity contribution in [3.63, 3.8) is 0 Å². The lowest BCUT2D eigenvalue weighted by Crippen LogP contribution is -2.69. The highest BCUT2D eigenvalue weighted by atomic mass is 28.4. The maximum absolute atomic E-state index is 18.4. The molecule has 0 bridgehead atoms. The largest absolute Gasteiger partial charge is 0.547 e. The average Bonchev–Trinajstić information content (AvgIpc) is 2.90. The van der Waals surface area contributed by atoms with Crippen molar-refractivity contribution in [2.75, 3.05) is 0 Å². The molecule has 0 aliphatic heterocycles. The Bertz CT molecular complexity index is 945. The quantitative estimate of drug-likeness (QED) is 0.308. The van der Waals surface area contributed by atoms with Crippen LogP contribution in [0.3, 0.4) is 0 Å². The Morgan fingerprint density at radius 2 is 1.50 bits per heavy atom. The van der Waals surface area contributed by atoms with Gasteiger partial charge in [0.1, 0.15) is 5.67 Å². The van der Waals surface area contributed by atoms with Gasteiger partial charge in [-0.2, -0.15) is 0 Å². The average molecular weight is 553 g/mol. The van der Waals surface area contributed by atoms with Gasteiger partial charge in [0.25, 0.3) is 0 Å². The van der Waals surface area contributed by atoms with Crippen molar-refractivity contribution in [2.45, 2.75) is 136 Å². The second-order valence-corrected chi connectivity index (χ2v) is 29.2. The number of allylic oxidation sites excluding steroid dienone is 4. The summed E-state index contributed by atoms with van der Waals surface area (Å²) in [5.74, 6) is 1.33. The van der Waals surface area contributed by atoms with Gasteiger partial charge < -0.3 is 13.3 Å². The Morgan fingerprint density at radius 1 is 0.861 bits per heavy atom. The standard InChI is InChI=1S/C29H53FO3Si3/c1-26-17-15-22(31-34(4,5)6)19-21(26)13-14-24-23-16-18-28(3,33-36(10,11)12)27(23,2)20-25(29(24,26)30)32-35(7,8)9/h13,19,23-25H,14-18,20H2,1-12H3/t23?,24?,25?,26?,27?,28-,29-/m0/s1. The third-order valence-electron chi connectivity index (χ3n) is 9.79. The molecule has 4 aliphatic rings. The van der Waals surface area contributed by atoms with Crippen molar-refractivity contribution in [2.24, 2.45) is 22.7 Å². The Kier molecular flexibility index (Phi) is 6.91. The topological polar surface area (TPSA) is 27.7 Å². The molecule has 0 aromatic carbocycles. The minimum atomic E-state index is -2.00. The molecule has 2 saturated carbocycles. The number of halogens is 1. The maximum Gasteiger partial charge on any atom is 0.241 e. The zero-order chi connectivity index (χ0) is 27.2. The van der Waals surface area contributed by atoms with Crippen LogP contribution in [-0.4, -0.2) is 42.3 Å². The molecule has 36 heavy (non-hydrogen) atoms. The van der Waals surface area contributed by atoms with Crippen molar-refractivity contribution >= 4 is 25.0 Å². The third-order valence-corrected chi connectivity index (χ3v) is 12.7. The van der Waals surface area contributed by atoms with Crippen molar-refractivity contribution < 1.29 is 17.7 Å². The number of hydrogen-bond donors (Lipinski definition) is 0. The van der Waals surface area contributed by atoms with Crippen molar-refractivity contribution in [3.8, 4) is 0 Å². The zero-order valence-corrected chi connectivity index (χ0v) is 28.2. The number of hydrogen-bond acceptors (Lipinski definition) is 3. The van der Waals surface area contributed by atoms with Gasteiger partial charge in [-0.05, 0) is 116 Å². The van der Waals surface area contributed by atoms with Crippen molar-refractivity contribution in [1.82, 2.24) is 0 Å². The summed E-state index contributed by atoms with van der Waals surface area (Å²) in [7, 11) is -5.48. The van der Waals surface area contributed by atoms with Crippen molar-refractivity contribution in [1.29, 1.82) is 0 Å². The Labute approximate surface area is 224 Å². The van der Waals surface area contributed by atoms with Gasteiger partial charge in [-0.25, -0.2) is 4.39 Å². The van der Waals surface area contributed by atoms with Gasteiger partial charge in [0.05, 0.1) is 17.5 Å². The lowest BCUT2D eigenvalue weighted by molar-refractivity contribution is -0.210. The van der Waals surface area contributed by atoms with Gasteiger partial charge in [0, 0.05) is 23.2 Å². The van der Waals surface area contributed by atoms with E-state index < -0.39 is 42.1 Å². The van der Waals surface area contributed by atoms with E-state index in [0.717, 1.165) is 49.9 Å². The summed E-state index contributed by atoms with van der Waals surface area (Å²) in [5, 5.41) is 0. The molecule has 2 fully saturated rings. The van der Waals surface area contributed by atoms with Gasteiger partial charge >= 0.3 is 0 Å². The van der Waals surface area contributed by atoms with E-state index in [1.54, 1.807) is 0 Å². The molecule has 7 atom stereocenters. The van der Waals surface area contributed by atoms with Gasteiger partial charge in [-0.1, -0.05) is 19.9 Å². The molecule has 4 rings (SSSR count). The van der Waals surface area contributed by atoms with E-state index in [1.807, 2.05) is 0 Å². The summed E-state index contributed by atoms with van der Waals surface area (Å²) < 4.78 is 38.7. The van der Waals surface area contributed by atoms with Crippen molar-refractivity contribution in [3.05, 3.63) is 23.5 Å². The Balaban J connectivity index is 1.81. The van der Waals surface area contributed by atoms with E-state index in [9.17, 15) is 0 Å². The van der Waals surface area contributed by atoms with E-state index in [0.29, 0.717) is 5.92 Å². The SMILES string of the molecule is CC12CCC(O[Si](C)(C)C)=CC1=CCC1C3CC[C@](C)(O[Si](C)(C)C)C3(C)CC(O[Si](C)(C)C)[C@@]12F. The molecule has 0 radical (unpaired) electrons. The van der Waals surface area contributed by atoms with Gasteiger partial charge in [-0.15, -0.1) is 0 Å². The molecule has 206 valence electrons. The first-order valence-corrected chi connectivity index (χ1v) is 24.5. The molecular formula is C29H53FO3Si3. The smallest absolute Gasteiger partial charge is 0.241 e. The van der Waals surface area contributed by atoms with E-state index >= 15 is 4.39 Å². The predicted octanol–water partition coefficient (Wildman–Crippen LogP) is 8.83. The Morgan fingerprint density at radius 3 is 2.06 bits per heavy atom. The molecule has 0 spiro atoms. The molecule has 5 unspecified atom stereocenters. The highest BCUT2D eigenvalue weighted by molar-refractivity contribution is 6.70. The summed E-state index contributed by atoms with van der Waals surface area (Å²) in [6.07, 6.45) is 9.37. The van der Waals surface area contributed by atoms with E-state index in [-0.39, 0.29) is 16.9 Å². The van der Waals surface area contributed by atoms with E-state index in [1.165, 1.54) is 0 Å². The summed E-state index contributed by atoms with van der Waals surface area (Å²) in [6.45, 7) is 27.1.